The van der Waals surface area contributed by atoms with Crippen LogP contribution < -0.4 is 10.1 Å². The van der Waals surface area contributed by atoms with E-state index in [-0.39, 0.29) is 11.7 Å². The Morgan fingerprint density at radius 3 is 2.48 bits per heavy atom. The van der Waals surface area contributed by atoms with Gasteiger partial charge < -0.3 is 14.8 Å². The summed E-state index contributed by atoms with van der Waals surface area (Å²) < 4.78 is 10.9. The highest BCUT2D eigenvalue weighted by Crippen LogP contribution is 2.28. The molecule has 7 heteroatoms. The Kier molecular flexibility index (Phi) is 8.18. The third-order valence-electron chi connectivity index (χ3n) is 3.40. The molecule has 0 saturated heterocycles. The Morgan fingerprint density at radius 1 is 1.20 bits per heavy atom. The van der Waals surface area contributed by atoms with Crippen molar-refractivity contribution in [1.82, 2.24) is 0 Å². The number of anilines is 1. The van der Waals surface area contributed by atoms with Crippen molar-refractivity contribution >= 4 is 17.3 Å². The Balaban J connectivity index is 2.22. The highest BCUT2D eigenvalue weighted by atomic mass is 16.6. The van der Waals surface area contributed by atoms with Gasteiger partial charge in [0.05, 0.1) is 11.5 Å². The maximum absolute atomic E-state index is 11.6. The first-order valence-electron chi connectivity index (χ1n) is 8.54. The quantitative estimate of drug-likeness (QED) is 0.292. The molecule has 0 bridgehead atoms. The SMILES string of the molecule is CNc1cc(OCCCCCCC(=O)OC(C)(C)C)ccc1[N+](=O)[O-]. The van der Waals surface area contributed by atoms with Gasteiger partial charge in [-0.1, -0.05) is 12.8 Å². The predicted octanol–water partition coefficient (Wildman–Crippen LogP) is 4.31. The zero-order valence-electron chi connectivity index (χ0n) is 15.5. The van der Waals surface area contributed by atoms with Gasteiger partial charge >= 0.3 is 5.97 Å². The van der Waals surface area contributed by atoms with Gasteiger partial charge in [0.1, 0.15) is 17.0 Å². The maximum atomic E-state index is 11.6. The number of esters is 1. The standard InChI is InChI=1S/C18H28N2O5/c1-18(2,3)25-17(21)9-7-5-6-8-12-24-14-10-11-16(20(22)23)15(13-14)19-4/h10-11,13,19H,5-9,12H2,1-4H3. The van der Waals surface area contributed by atoms with Crippen molar-refractivity contribution < 1.29 is 19.2 Å². The fourth-order valence-electron chi connectivity index (χ4n) is 2.27. The van der Waals surface area contributed by atoms with Crippen LogP contribution in [0.3, 0.4) is 0 Å². The molecule has 0 aliphatic carbocycles. The van der Waals surface area contributed by atoms with Gasteiger partial charge in [0, 0.05) is 25.6 Å². The highest BCUT2D eigenvalue weighted by Gasteiger charge is 2.15. The summed E-state index contributed by atoms with van der Waals surface area (Å²) >= 11 is 0. The van der Waals surface area contributed by atoms with Crippen LogP contribution in [0.25, 0.3) is 0 Å². The minimum atomic E-state index is -0.430. The van der Waals surface area contributed by atoms with Gasteiger partial charge in [0.2, 0.25) is 0 Å². The second-order valence-electron chi connectivity index (χ2n) is 6.79. The lowest BCUT2D eigenvalue weighted by Gasteiger charge is -2.19. The second kappa shape index (κ2) is 9.86. The van der Waals surface area contributed by atoms with E-state index >= 15 is 0 Å². The molecule has 1 rings (SSSR count). The third kappa shape index (κ3) is 8.37. The van der Waals surface area contributed by atoms with Gasteiger partial charge in [-0.05, 0) is 39.7 Å². The van der Waals surface area contributed by atoms with Crippen LogP contribution >= 0.6 is 0 Å². The molecule has 0 fully saturated rings. The fraction of sp³-hybridized carbons (Fsp3) is 0.611. The van der Waals surface area contributed by atoms with Crippen molar-refractivity contribution in [3.8, 4) is 5.75 Å². The van der Waals surface area contributed by atoms with Crippen LogP contribution in [0.2, 0.25) is 0 Å². The third-order valence-corrected chi connectivity index (χ3v) is 3.40. The molecule has 0 spiro atoms. The normalized spacial score (nSPS) is 11.0. The number of rotatable bonds is 10. The van der Waals surface area contributed by atoms with Gasteiger partial charge in [0.15, 0.2) is 0 Å². The molecular weight excluding hydrogens is 324 g/mol. The topological polar surface area (TPSA) is 90.7 Å². The van der Waals surface area contributed by atoms with Crippen molar-refractivity contribution in [2.75, 3.05) is 19.0 Å². The molecule has 1 aromatic carbocycles. The van der Waals surface area contributed by atoms with E-state index in [9.17, 15) is 14.9 Å². The van der Waals surface area contributed by atoms with Crippen molar-refractivity contribution in [3.63, 3.8) is 0 Å². The predicted molar refractivity (Wildman–Crippen MR) is 97.1 cm³/mol. The van der Waals surface area contributed by atoms with Crippen molar-refractivity contribution in [1.29, 1.82) is 0 Å². The van der Waals surface area contributed by atoms with E-state index < -0.39 is 10.5 Å². The van der Waals surface area contributed by atoms with Gasteiger partial charge in [-0.2, -0.15) is 0 Å². The average molecular weight is 352 g/mol. The average Bonchev–Trinajstić information content (AvgIpc) is 2.51. The summed E-state index contributed by atoms with van der Waals surface area (Å²) in [4.78, 5) is 22.0. The van der Waals surface area contributed by atoms with E-state index in [1.165, 1.54) is 6.07 Å². The van der Waals surface area contributed by atoms with E-state index in [0.29, 0.717) is 24.5 Å². The molecule has 0 amide bonds. The van der Waals surface area contributed by atoms with Crippen LogP contribution in [-0.4, -0.2) is 30.1 Å². The van der Waals surface area contributed by atoms with Crippen LogP contribution in [0.1, 0.15) is 52.9 Å². The summed E-state index contributed by atoms with van der Waals surface area (Å²) in [6.07, 6.45) is 3.99. The maximum Gasteiger partial charge on any atom is 0.306 e. The number of nitro benzene ring substituents is 1. The van der Waals surface area contributed by atoms with E-state index in [1.54, 1.807) is 19.2 Å². The van der Waals surface area contributed by atoms with E-state index in [1.807, 2.05) is 20.8 Å². The van der Waals surface area contributed by atoms with Gasteiger partial charge in [0.25, 0.3) is 5.69 Å². The Hall–Kier alpha value is -2.31. The van der Waals surface area contributed by atoms with Gasteiger partial charge in [-0.3, -0.25) is 14.9 Å². The molecule has 0 atom stereocenters. The molecular formula is C18H28N2O5. The molecule has 0 saturated carbocycles. The molecule has 0 aliphatic heterocycles. The zero-order valence-corrected chi connectivity index (χ0v) is 15.5. The fourth-order valence-corrected chi connectivity index (χ4v) is 2.27. The molecule has 0 unspecified atom stereocenters. The van der Waals surface area contributed by atoms with Crippen molar-refractivity contribution in [3.05, 3.63) is 28.3 Å². The zero-order chi connectivity index (χ0) is 18.9. The number of unbranched alkanes of at least 4 members (excludes halogenated alkanes) is 3. The van der Waals surface area contributed by atoms with Crippen LogP contribution in [-0.2, 0) is 9.53 Å². The number of nitro groups is 1. The lowest BCUT2D eigenvalue weighted by Crippen LogP contribution is -2.23. The lowest BCUT2D eigenvalue weighted by atomic mass is 10.1. The smallest absolute Gasteiger partial charge is 0.306 e. The summed E-state index contributed by atoms with van der Waals surface area (Å²) in [6, 6.07) is 4.66. The monoisotopic (exact) mass is 352 g/mol. The number of hydrogen-bond acceptors (Lipinski definition) is 6. The molecule has 0 heterocycles. The van der Waals surface area contributed by atoms with Crippen LogP contribution in [0.4, 0.5) is 11.4 Å². The first kappa shape index (κ1) is 20.7. The lowest BCUT2D eigenvalue weighted by molar-refractivity contribution is -0.384. The number of nitrogens with one attached hydrogen (secondary N) is 1. The summed E-state index contributed by atoms with van der Waals surface area (Å²) in [6.45, 7) is 6.12. The number of carbonyl (C=O) groups is 1. The molecule has 1 aromatic rings. The number of ether oxygens (including phenoxy) is 2. The van der Waals surface area contributed by atoms with Crippen LogP contribution in [0.15, 0.2) is 18.2 Å². The Morgan fingerprint density at radius 2 is 1.88 bits per heavy atom. The van der Waals surface area contributed by atoms with E-state index in [2.05, 4.69) is 5.32 Å². The largest absolute Gasteiger partial charge is 0.494 e. The first-order valence-corrected chi connectivity index (χ1v) is 8.54. The second-order valence-corrected chi connectivity index (χ2v) is 6.79. The summed E-state index contributed by atoms with van der Waals surface area (Å²) in [7, 11) is 1.64. The molecule has 0 aromatic heterocycles. The minimum absolute atomic E-state index is 0.0250. The minimum Gasteiger partial charge on any atom is -0.494 e. The number of benzene rings is 1. The summed E-state index contributed by atoms with van der Waals surface area (Å²) in [5, 5.41) is 13.7. The molecule has 140 valence electrons. The Bertz CT molecular complexity index is 581. The molecule has 1 N–H and O–H groups in total. The molecule has 0 radical (unpaired) electrons. The highest BCUT2D eigenvalue weighted by molar-refractivity contribution is 5.69. The van der Waals surface area contributed by atoms with Crippen LogP contribution in [0.5, 0.6) is 5.75 Å². The number of nitrogens with zero attached hydrogens (tertiary/aromatic N) is 1. The Labute approximate surface area is 148 Å². The van der Waals surface area contributed by atoms with Gasteiger partial charge in [-0.15, -0.1) is 0 Å². The molecule has 25 heavy (non-hydrogen) atoms. The van der Waals surface area contributed by atoms with Crippen LogP contribution in [0, 0.1) is 10.1 Å². The number of hydrogen-bond donors (Lipinski definition) is 1. The van der Waals surface area contributed by atoms with Crippen molar-refractivity contribution in [2.45, 2.75) is 58.5 Å². The van der Waals surface area contributed by atoms with Gasteiger partial charge in [-0.25, -0.2) is 0 Å². The van der Waals surface area contributed by atoms with E-state index in [4.69, 9.17) is 9.47 Å². The summed E-state index contributed by atoms with van der Waals surface area (Å²) in [5.74, 6) is 0.443. The van der Waals surface area contributed by atoms with E-state index in [0.717, 1.165) is 25.7 Å². The first-order chi connectivity index (χ1) is 11.7. The number of carbonyl (C=O) groups excluding carboxylic acids is 1. The summed E-state index contributed by atoms with van der Waals surface area (Å²) in [5.41, 5.74) is 0.0267. The molecule has 0 aliphatic rings. The van der Waals surface area contributed by atoms with Crippen molar-refractivity contribution in [2.24, 2.45) is 0 Å². The molecule has 7 nitrogen and oxygen atoms in total.